The van der Waals surface area contributed by atoms with Crippen molar-refractivity contribution in [2.24, 2.45) is 23.7 Å². The summed E-state index contributed by atoms with van der Waals surface area (Å²) in [6, 6.07) is 0. The smallest absolute Gasteiger partial charge is 0.171 e. The third kappa shape index (κ3) is 1.23. The van der Waals surface area contributed by atoms with E-state index in [4.69, 9.17) is 0 Å². The second-order valence-electron chi connectivity index (χ2n) is 4.31. The Morgan fingerprint density at radius 1 is 1.08 bits per heavy atom. The van der Waals surface area contributed by atoms with Crippen LogP contribution in [0.2, 0.25) is 0 Å². The van der Waals surface area contributed by atoms with Gasteiger partial charge in [-0.25, -0.2) is 0 Å². The number of hydrogen-bond acceptors (Lipinski definition) is 0. The van der Waals surface area contributed by atoms with Crippen LogP contribution in [0.5, 0.6) is 0 Å². The van der Waals surface area contributed by atoms with Crippen molar-refractivity contribution in [3.63, 3.8) is 0 Å². The van der Waals surface area contributed by atoms with Crippen molar-refractivity contribution < 1.29 is 13.2 Å². The lowest BCUT2D eigenvalue weighted by atomic mass is 9.91. The Labute approximate surface area is 70.1 Å². The van der Waals surface area contributed by atoms with Crippen molar-refractivity contribution in [2.45, 2.75) is 32.4 Å². The Hall–Kier alpha value is -0.210. The van der Waals surface area contributed by atoms with Gasteiger partial charge in [-0.2, -0.15) is 13.2 Å². The Morgan fingerprint density at radius 2 is 1.75 bits per heavy atom. The van der Waals surface area contributed by atoms with Crippen LogP contribution >= 0.6 is 0 Å². The predicted octanol–water partition coefficient (Wildman–Crippen LogP) is 3.23. The summed E-state index contributed by atoms with van der Waals surface area (Å²) >= 11 is 0. The quantitative estimate of drug-likeness (QED) is 0.534. The van der Waals surface area contributed by atoms with Crippen LogP contribution in [0.1, 0.15) is 26.2 Å². The molecule has 4 atom stereocenters. The molecule has 0 aromatic carbocycles. The molecular weight excluding hydrogens is 165 g/mol. The van der Waals surface area contributed by atoms with Crippen LogP contribution in [0.3, 0.4) is 0 Å². The standard InChI is InChI=1S/C9H13F3/c1-5-2-3-6-7(4-5)8(6)9(10,11)12/h5-8H,2-4H2,1H3. The number of rotatable bonds is 0. The highest BCUT2D eigenvalue weighted by atomic mass is 19.4. The number of fused-ring (bicyclic) bond motifs is 1. The van der Waals surface area contributed by atoms with Gasteiger partial charge >= 0.3 is 6.18 Å². The van der Waals surface area contributed by atoms with Crippen LogP contribution < -0.4 is 0 Å². The first kappa shape index (κ1) is 8.39. The van der Waals surface area contributed by atoms with E-state index in [-0.39, 0.29) is 11.8 Å². The molecule has 0 bridgehead atoms. The Bertz CT molecular complexity index is 185. The van der Waals surface area contributed by atoms with Crippen LogP contribution in [0.15, 0.2) is 0 Å². The summed E-state index contributed by atoms with van der Waals surface area (Å²) in [5, 5.41) is 0. The van der Waals surface area contributed by atoms with Crippen LogP contribution in [0.4, 0.5) is 13.2 Å². The molecule has 0 saturated heterocycles. The van der Waals surface area contributed by atoms with E-state index in [0.29, 0.717) is 5.92 Å². The van der Waals surface area contributed by atoms with Crippen molar-refractivity contribution in [2.75, 3.05) is 0 Å². The highest BCUT2D eigenvalue weighted by Crippen LogP contribution is 2.62. The van der Waals surface area contributed by atoms with E-state index in [1.54, 1.807) is 0 Å². The maximum Gasteiger partial charge on any atom is 0.392 e. The van der Waals surface area contributed by atoms with Crippen LogP contribution in [0, 0.1) is 23.7 Å². The fourth-order valence-corrected chi connectivity index (χ4v) is 2.70. The summed E-state index contributed by atoms with van der Waals surface area (Å²) < 4.78 is 36.8. The normalized spacial score (nSPS) is 47.0. The molecular formula is C9H13F3. The molecule has 70 valence electrons. The van der Waals surface area contributed by atoms with Crippen molar-refractivity contribution >= 4 is 0 Å². The predicted molar refractivity (Wildman–Crippen MR) is 39.5 cm³/mol. The molecule has 0 spiro atoms. The van der Waals surface area contributed by atoms with Crippen LogP contribution in [0.25, 0.3) is 0 Å². The zero-order valence-corrected chi connectivity index (χ0v) is 7.06. The largest absolute Gasteiger partial charge is 0.392 e. The van der Waals surface area contributed by atoms with Gasteiger partial charge in [0.1, 0.15) is 0 Å². The summed E-state index contributed by atoms with van der Waals surface area (Å²) in [4.78, 5) is 0. The van der Waals surface area contributed by atoms with E-state index in [1.807, 2.05) is 0 Å². The molecule has 3 heteroatoms. The second kappa shape index (κ2) is 2.39. The van der Waals surface area contributed by atoms with Gasteiger partial charge in [0.15, 0.2) is 0 Å². The molecule has 0 radical (unpaired) electrons. The third-order valence-electron chi connectivity index (χ3n) is 3.38. The highest BCUT2D eigenvalue weighted by Gasteiger charge is 2.64. The monoisotopic (exact) mass is 178 g/mol. The average molecular weight is 178 g/mol. The zero-order chi connectivity index (χ0) is 8.93. The fraction of sp³-hybridized carbons (Fsp3) is 1.00. The molecule has 2 saturated carbocycles. The summed E-state index contributed by atoms with van der Waals surface area (Å²) in [5.74, 6) is -0.462. The maximum atomic E-state index is 12.3. The maximum absolute atomic E-state index is 12.3. The lowest BCUT2D eigenvalue weighted by Crippen LogP contribution is -2.12. The summed E-state index contributed by atoms with van der Waals surface area (Å²) in [6.45, 7) is 2.06. The van der Waals surface area contributed by atoms with Gasteiger partial charge in [0.05, 0.1) is 5.92 Å². The van der Waals surface area contributed by atoms with E-state index in [2.05, 4.69) is 6.92 Å². The molecule has 2 aliphatic carbocycles. The van der Waals surface area contributed by atoms with Gasteiger partial charge in [-0.1, -0.05) is 13.3 Å². The minimum atomic E-state index is -3.92. The van der Waals surface area contributed by atoms with Crippen molar-refractivity contribution in [3.05, 3.63) is 0 Å². The molecule has 4 unspecified atom stereocenters. The fourth-order valence-electron chi connectivity index (χ4n) is 2.70. The first-order valence-electron chi connectivity index (χ1n) is 4.57. The number of halogens is 3. The molecule has 0 N–H and O–H groups in total. The first-order valence-corrected chi connectivity index (χ1v) is 4.57. The number of alkyl halides is 3. The lowest BCUT2D eigenvalue weighted by molar-refractivity contribution is -0.153. The zero-order valence-electron chi connectivity index (χ0n) is 7.06. The van der Waals surface area contributed by atoms with Gasteiger partial charge < -0.3 is 0 Å². The van der Waals surface area contributed by atoms with Gasteiger partial charge in [0, 0.05) is 0 Å². The van der Waals surface area contributed by atoms with Crippen molar-refractivity contribution in [1.29, 1.82) is 0 Å². The number of hydrogen-bond donors (Lipinski definition) is 0. The van der Waals surface area contributed by atoms with Gasteiger partial charge in [-0.15, -0.1) is 0 Å². The molecule has 0 aliphatic heterocycles. The molecule has 2 rings (SSSR count). The SMILES string of the molecule is CC1CCC2C(C1)C2C(F)(F)F. The first-order chi connectivity index (χ1) is 5.50. The van der Waals surface area contributed by atoms with Crippen molar-refractivity contribution in [3.8, 4) is 0 Å². The molecule has 2 fully saturated rings. The molecule has 0 heterocycles. The van der Waals surface area contributed by atoms with Gasteiger partial charge in [-0.3, -0.25) is 0 Å². The summed E-state index contributed by atoms with van der Waals surface area (Å²) in [6.07, 6.45) is -1.32. The van der Waals surface area contributed by atoms with E-state index >= 15 is 0 Å². The molecule has 0 aromatic heterocycles. The second-order valence-corrected chi connectivity index (χ2v) is 4.31. The Balaban J connectivity index is 1.99. The highest BCUT2D eigenvalue weighted by molar-refractivity contribution is 5.03. The minimum absolute atomic E-state index is 0.0128. The van der Waals surface area contributed by atoms with Crippen LogP contribution in [-0.2, 0) is 0 Å². The van der Waals surface area contributed by atoms with Crippen LogP contribution in [-0.4, -0.2) is 6.18 Å². The molecule has 0 amide bonds. The third-order valence-corrected chi connectivity index (χ3v) is 3.38. The Kier molecular flexibility index (Phi) is 1.67. The van der Waals surface area contributed by atoms with Gasteiger partial charge in [0.25, 0.3) is 0 Å². The molecule has 12 heavy (non-hydrogen) atoms. The van der Waals surface area contributed by atoms with E-state index in [9.17, 15) is 13.2 Å². The van der Waals surface area contributed by atoms with E-state index < -0.39 is 12.1 Å². The van der Waals surface area contributed by atoms with Crippen molar-refractivity contribution in [1.82, 2.24) is 0 Å². The minimum Gasteiger partial charge on any atom is -0.171 e. The summed E-state index contributed by atoms with van der Waals surface area (Å²) in [7, 11) is 0. The Morgan fingerprint density at radius 3 is 2.25 bits per heavy atom. The van der Waals surface area contributed by atoms with E-state index in [1.165, 1.54) is 0 Å². The summed E-state index contributed by atoms with van der Waals surface area (Å²) in [5.41, 5.74) is 0. The van der Waals surface area contributed by atoms with Gasteiger partial charge in [0.2, 0.25) is 0 Å². The molecule has 2 aliphatic rings. The topological polar surface area (TPSA) is 0 Å². The van der Waals surface area contributed by atoms with Gasteiger partial charge in [-0.05, 0) is 30.6 Å². The molecule has 0 nitrogen and oxygen atoms in total. The average Bonchev–Trinajstić information content (AvgIpc) is 2.58. The lowest BCUT2D eigenvalue weighted by Gasteiger charge is -2.14. The van der Waals surface area contributed by atoms with E-state index in [0.717, 1.165) is 19.3 Å². The molecule has 0 aromatic rings.